The van der Waals surface area contributed by atoms with Crippen molar-refractivity contribution in [3.63, 3.8) is 0 Å². The van der Waals surface area contributed by atoms with Gasteiger partial charge in [-0.1, -0.05) is 31.9 Å². The third-order valence-electron chi connectivity index (χ3n) is 2.71. The molecule has 2 rings (SSSR count). The van der Waals surface area contributed by atoms with Crippen LogP contribution in [0.15, 0.2) is 45.3 Å². The summed E-state index contributed by atoms with van der Waals surface area (Å²) in [5.41, 5.74) is -0.445. The average Bonchev–Trinajstić information content (AvgIpc) is 2.36. The molecule has 0 bridgehead atoms. The largest absolute Gasteiger partial charge is 0.294 e. The lowest BCUT2D eigenvalue weighted by Crippen LogP contribution is -2.09. The summed E-state index contributed by atoms with van der Waals surface area (Å²) in [5, 5.41) is 0. The number of carbonyl (C=O) groups excluding carboxylic acids is 1. The third-order valence-corrected chi connectivity index (χ3v) is 3.70. The Morgan fingerprint density at radius 3 is 1.83 bits per heavy atom. The Bertz CT molecular complexity index is 712. The fourth-order valence-corrected chi connectivity index (χ4v) is 2.29. The Hall–Kier alpha value is -1.21. The normalized spacial score (nSPS) is 10.8. The summed E-state index contributed by atoms with van der Waals surface area (Å²) in [5.74, 6) is -4.75. The van der Waals surface area contributed by atoms with Crippen molar-refractivity contribution in [3.05, 3.63) is 68.1 Å². The average molecular weight is 456 g/mol. The highest BCUT2D eigenvalue weighted by atomic mass is 79.9. The molecule has 0 saturated carbocycles. The van der Waals surface area contributed by atoms with E-state index in [1.807, 2.05) is 0 Å². The van der Waals surface area contributed by atoms with Crippen molar-refractivity contribution < 1.29 is 22.4 Å². The van der Waals surface area contributed by atoms with Gasteiger partial charge in [0.25, 0.3) is 5.92 Å². The van der Waals surface area contributed by atoms with Gasteiger partial charge in [-0.3, -0.25) is 4.79 Å². The third kappa shape index (κ3) is 6.06. The Labute approximate surface area is 148 Å². The number of halogens is 6. The topological polar surface area (TPSA) is 17.1 Å². The Kier molecular flexibility index (Phi) is 6.95. The van der Waals surface area contributed by atoms with Gasteiger partial charge in [-0.25, -0.2) is 17.6 Å². The quantitative estimate of drug-likeness (QED) is 0.373. The summed E-state index contributed by atoms with van der Waals surface area (Å²) in [6, 6.07) is 7.85. The van der Waals surface area contributed by atoms with Crippen molar-refractivity contribution in [2.24, 2.45) is 0 Å². The van der Waals surface area contributed by atoms with Crippen molar-refractivity contribution in [3.8, 4) is 0 Å². The van der Waals surface area contributed by atoms with E-state index in [2.05, 4.69) is 31.9 Å². The van der Waals surface area contributed by atoms with Gasteiger partial charge in [0.05, 0.1) is 11.1 Å². The van der Waals surface area contributed by atoms with E-state index >= 15 is 0 Å². The van der Waals surface area contributed by atoms with Gasteiger partial charge in [-0.2, -0.15) is 0 Å². The van der Waals surface area contributed by atoms with Crippen molar-refractivity contribution in [1.29, 1.82) is 0 Å². The minimum Gasteiger partial charge on any atom is -0.294 e. The van der Waals surface area contributed by atoms with Gasteiger partial charge in [0.2, 0.25) is 0 Å². The van der Waals surface area contributed by atoms with E-state index < -0.39 is 23.1 Å². The highest BCUT2D eigenvalue weighted by Gasteiger charge is 2.27. The van der Waals surface area contributed by atoms with Crippen LogP contribution in [0.1, 0.15) is 29.8 Å². The second kappa shape index (κ2) is 8.06. The summed E-state index contributed by atoms with van der Waals surface area (Å²) >= 11 is 6.07. The maximum Gasteiger partial charge on any atom is 0.273 e. The van der Waals surface area contributed by atoms with Crippen LogP contribution in [0.5, 0.6) is 0 Å². The minimum atomic E-state index is -3.12. The summed E-state index contributed by atoms with van der Waals surface area (Å²) in [7, 11) is 0. The molecule has 0 amide bonds. The fourth-order valence-electron chi connectivity index (χ4n) is 1.62. The van der Waals surface area contributed by atoms with Crippen LogP contribution in [0, 0.1) is 11.6 Å². The maximum atomic E-state index is 12.9. The Morgan fingerprint density at radius 1 is 0.957 bits per heavy atom. The predicted octanol–water partition coefficient (Wildman–Crippen LogP) is 6.49. The first-order valence-corrected chi connectivity index (χ1v) is 7.90. The van der Waals surface area contributed by atoms with Crippen LogP contribution in [0.25, 0.3) is 0 Å². The van der Waals surface area contributed by atoms with E-state index in [1.165, 1.54) is 25.1 Å². The first-order chi connectivity index (χ1) is 10.5. The Morgan fingerprint density at radius 2 is 1.43 bits per heavy atom. The molecule has 0 aromatic heterocycles. The molecule has 0 aliphatic carbocycles. The van der Waals surface area contributed by atoms with Crippen molar-refractivity contribution >= 4 is 37.6 Å². The lowest BCUT2D eigenvalue weighted by Gasteiger charge is -2.11. The highest BCUT2D eigenvalue weighted by Crippen LogP contribution is 2.30. The molecule has 7 heteroatoms. The zero-order chi connectivity index (χ0) is 17.8. The van der Waals surface area contributed by atoms with Crippen LogP contribution in [-0.2, 0) is 5.92 Å². The monoisotopic (exact) mass is 454 g/mol. The molecule has 0 saturated heterocycles. The molecular weight excluding hydrogens is 444 g/mol. The van der Waals surface area contributed by atoms with Gasteiger partial charge in [0.15, 0.2) is 5.78 Å². The van der Waals surface area contributed by atoms with Crippen LogP contribution in [0.2, 0.25) is 0 Å². The zero-order valence-electron chi connectivity index (χ0n) is 12.1. The minimum absolute atomic E-state index is 0.133. The van der Waals surface area contributed by atoms with Crippen molar-refractivity contribution in [2.75, 3.05) is 0 Å². The van der Waals surface area contributed by atoms with Gasteiger partial charge in [0, 0.05) is 15.9 Å². The maximum absolute atomic E-state index is 12.9. The molecule has 0 spiro atoms. The molecule has 0 N–H and O–H groups in total. The van der Waals surface area contributed by atoms with Gasteiger partial charge in [-0.15, -0.1) is 0 Å². The van der Waals surface area contributed by atoms with Gasteiger partial charge in [0.1, 0.15) is 11.6 Å². The number of alkyl halides is 2. The van der Waals surface area contributed by atoms with Gasteiger partial charge in [-0.05, 0) is 43.3 Å². The smallest absolute Gasteiger partial charge is 0.273 e. The number of hydrogen-bond acceptors (Lipinski definition) is 1. The number of benzene rings is 2. The van der Waals surface area contributed by atoms with E-state index in [4.69, 9.17) is 0 Å². The first-order valence-electron chi connectivity index (χ1n) is 6.31. The second-order valence-corrected chi connectivity index (χ2v) is 6.52. The standard InChI is InChI=1S/C8H6BrF3.C8H6BrFO/c1-8(11,12)6-3-2-5(9)4-7(6)10;1-5(11)7-3-2-6(9)4-8(7)10/h2-4H,1H3;2-4H,1H3. The number of carbonyl (C=O) groups is 1. The molecule has 0 heterocycles. The molecule has 124 valence electrons. The number of ketones is 1. The molecule has 2 aromatic rings. The number of hydrogen-bond donors (Lipinski definition) is 0. The molecule has 1 nitrogen and oxygen atoms in total. The molecule has 0 aliphatic heterocycles. The summed E-state index contributed by atoms with van der Waals surface area (Å²) in [6.45, 7) is 2.01. The lowest BCUT2D eigenvalue weighted by molar-refractivity contribution is 0.0137. The Balaban J connectivity index is 0.000000231. The lowest BCUT2D eigenvalue weighted by atomic mass is 10.1. The number of Topliss-reactive ketones (excluding diaryl/α,β-unsaturated/α-hetero) is 1. The first kappa shape index (κ1) is 19.8. The molecule has 0 aliphatic rings. The molecule has 0 radical (unpaired) electrons. The molecule has 0 atom stereocenters. The van der Waals surface area contributed by atoms with Crippen LogP contribution in [0.3, 0.4) is 0 Å². The van der Waals surface area contributed by atoms with E-state index in [1.54, 1.807) is 6.07 Å². The highest BCUT2D eigenvalue weighted by molar-refractivity contribution is 9.10. The van der Waals surface area contributed by atoms with Crippen LogP contribution < -0.4 is 0 Å². The zero-order valence-corrected chi connectivity index (χ0v) is 15.3. The summed E-state index contributed by atoms with van der Waals surface area (Å²) in [6.07, 6.45) is 0. The summed E-state index contributed by atoms with van der Waals surface area (Å²) < 4.78 is 52.0. The van der Waals surface area contributed by atoms with Crippen LogP contribution in [-0.4, -0.2) is 5.78 Å². The van der Waals surface area contributed by atoms with Crippen LogP contribution in [0.4, 0.5) is 17.6 Å². The van der Waals surface area contributed by atoms with Crippen molar-refractivity contribution in [2.45, 2.75) is 19.8 Å². The van der Waals surface area contributed by atoms with Gasteiger partial charge >= 0.3 is 0 Å². The van der Waals surface area contributed by atoms with E-state index in [9.17, 15) is 22.4 Å². The fraction of sp³-hybridized carbons (Fsp3) is 0.188. The van der Waals surface area contributed by atoms with E-state index in [0.717, 1.165) is 12.1 Å². The SMILES string of the molecule is CC(=O)c1ccc(Br)cc1F.CC(F)(F)c1ccc(Br)cc1F. The van der Waals surface area contributed by atoms with E-state index in [0.29, 0.717) is 15.9 Å². The molecule has 0 fully saturated rings. The molecule has 0 unspecified atom stereocenters. The predicted molar refractivity (Wildman–Crippen MR) is 87.8 cm³/mol. The molecule has 2 aromatic carbocycles. The second-order valence-electron chi connectivity index (χ2n) is 4.69. The molecule has 23 heavy (non-hydrogen) atoms. The van der Waals surface area contributed by atoms with Gasteiger partial charge < -0.3 is 0 Å². The molecular formula is C16H12Br2F4O. The van der Waals surface area contributed by atoms with E-state index in [-0.39, 0.29) is 11.3 Å². The van der Waals surface area contributed by atoms with Crippen molar-refractivity contribution in [1.82, 2.24) is 0 Å². The van der Waals surface area contributed by atoms with Crippen LogP contribution >= 0.6 is 31.9 Å². The summed E-state index contributed by atoms with van der Waals surface area (Å²) in [4.78, 5) is 10.7. The number of rotatable bonds is 2.